The molecule has 0 saturated carbocycles. The maximum atomic E-state index is 12.5. The number of hydrogen-bond acceptors (Lipinski definition) is 8. The third-order valence-corrected chi connectivity index (χ3v) is 6.56. The van der Waals surface area contributed by atoms with Crippen LogP contribution < -0.4 is 23.7 Å². The molecule has 2 heterocycles. The Labute approximate surface area is 197 Å². The van der Waals surface area contributed by atoms with Crippen molar-refractivity contribution in [2.45, 2.75) is 12.3 Å². The molecule has 2 aromatic rings. The predicted molar refractivity (Wildman–Crippen MR) is 121 cm³/mol. The lowest BCUT2D eigenvalue weighted by atomic mass is 9.74. The highest BCUT2D eigenvalue weighted by molar-refractivity contribution is 14.1. The SMILES string of the molecule is COc1cc(C2C3=C(Cc4c2cc2c(c4OC)OCO2)C(=O)OC3)cc(OC)c1C(=O)I. The summed E-state index contributed by atoms with van der Waals surface area (Å²) in [7, 11) is 4.57. The lowest BCUT2D eigenvalue weighted by molar-refractivity contribution is -0.136. The van der Waals surface area contributed by atoms with Gasteiger partial charge in [-0.25, -0.2) is 4.79 Å². The second kappa shape index (κ2) is 7.88. The minimum absolute atomic E-state index is 0.0998. The fraction of sp³-hybridized carbons (Fsp3) is 0.304. The molecule has 1 unspecified atom stereocenters. The maximum Gasteiger partial charge on any atom is 0.334 e. The molecule has 1 aliphatic carbocycles. The number of carbonyl (C=O) groups is 2. The van der Waals surface area contributed by atoms with Gasteiger partial charge in [0.25, 0.3) is 0 Å². The van der Waals surface area contributed by atoms with Gasteiger partial charge < -0.3 is 28.4 Å². The van der Waals surface area contributed by atoms with E-state index < -0.39 is 0 Å². The molecule has 32 heavy (non-hydrogen) atoms. The number of ether oxygens (including phenoxy) is 6. The number of methoxy groups -OCH3 is 3. The van der Waals surface area contributed by atoms with E-state index in [0.29, 0.717) is 46.3 Å². The van der Waals surface area contributed by atoms with E-state index in [9.17, 15) is 9.59 Å². The summed E-state index contributed by atoms with van der Waals surface area (Å²) in [6.45, 7) is 0.287. The molecule has 0 N–H and O–H groups in total. The molecule has 1 atom stereocenters. The van der Waals surface area contributed by atoms with Crippen molar-refractivity contribution in [3.8, 4) is 28.7 Å². The molecule has 0 spiro atoms. The van der Waals surface area contributed by atoms with E-state index in [1.807, 2.05) is 6.07 Å². The number of hydrogen-bond donors (Lipinski definition) is 0. The molecule has 0 fully saturated rings. The summed E-state index contributed by atoms with van der Waals surface area (Å²) < 4.78 is 33.2. The molecule has 0 aromatic heterocycles. The van der Waals surface area contributed by atoms with E-state index in [4.69, 9.17) is 28.4 Å². The topological polar surface area (TPSA) is 89.5 Å². The smallest absolute Gasteiger partial charge is 0.334 e. The highest BCUT2D eigenvalue weighted by Gasteiger charge is 2.41. The first-order valence-electron chi connectivity index (χ1n) is 9.82. The largest absolute Gasteiger partial charge is 0.496 e. The number of benzene rings is 2. The molecule has 5 rings (SSSR count). The van der Waals surface area contributed by atoms with Crippen molar-refractivity contribution in [1.29, 1.82) is 0 Å². The van der Waals surface area contributed by atoms with Crippen LogP contribution in [0.5, 0.6) is 28.7 Å². The van der Waals surface area contributed by atoms with Crippen molar-refractivity contribution in [1.82, 2.24) is 0 Å². The maximum absolute atomic E-state index is 12.5. The third-order valence-electron chi connectivity index (χ3n) is 6.02. The van der Waals surface area contributed by atoms with Gasteiger partial charge in [-0.2, -0.15) is 0 Å². The molecule has 0 saturated heterocycles. The van der Waals surface area contributed by atoms with Crippen LogP contribution in [0.3, 0.4) is 0 Å². The highest BCUT2D eigenvalue weighted by Crippen LogP contribution is 2.53. The van der Waals surface area contributed by atoms with E-state index in [1.54, 1.807) is 41.8 Å². The van der Waals surface area contributed by atoms with Gasteiger partial charge in [0, 0.05) is 46.1 Å². The summed E-state index contributed by atoms with van der Waals surface area (Å²) in [6, 6.07) is 5.53. The molecule has 2 aliphatic heterocycles. The first-order chi connectivity index (χ1) is 15.5. The first kappa shape index (κ1) is 20.9. The van der Waals surface area contributed by atoms with Crippen LogP contribution in [0.1, 0.15) is 33.0 Å². The van der Waals surface area contributed by atoms with Gasteiger partial charge in [-0.1, -0.05) is 0 Å². The zero-order valence-corrected chi connectivity index (χ0v) is 19.7. The Hall–Kier alpha value is -2.95. The number of carbonyl (C=O) groups excluding carboxylic acids is 2. The van der Waals surface area contributed by atoms with Gasteiger partial charge in [0.2, 0.25) is 16.3 Å². The second-order valence-corrected chi connectivity index (χ2v) is 8.45. The lowest BCUT2D eigenvalue weighted by Crippen LogP contribution is -2.18. The molecule has 8 nitrogen and oxygen atoms in total. The second-order valence-electron chi connectivity index (χ2n) is 7.48. The van der Waals surface area contributed by atoms with Gasteiger partial charge in [-0.3, -0.25) is 4.79 Å². The quantitative estimate of drug-likeness (QED) is 0.318. The predicted octanol–water partition coefficient (Wildman–Crippen LogP) is 3.56. The van der Waals surface area contributed by atoms with Crippen molar-refractivity contribution in [2.75, 3.05) is 34.7 Å². The van der Waals surface area contributed by atoms with E-state index in [0.717, 1.165) is 22.3 Å². The van der Waals surface area contributed by atoms with Crippen LogP contribution >= 0.6 is 22.6 Å². The monoisotopic (exact) mass is 550 g/mol. The number of fused-ring (bicyclic) bond motifs is 2. The number of halogens is 1. The summed E-state index contributed by atoms with van der Waals surface area (Å²) in [6.07, 6.45) is 0.373. The number of cyclic esters (lactones) is 1. The van der Waals surface area contributed by atoms with E-state index in [-0.39, 0.29) is 29.1 Å². The summed E-state index contributed by atoms with van der Waals surface area (Å²) in [5, 5.41) is 0. The normalized spacial score (nSPS) is 18.1. The van der Waals surface area contributed by atoms with E-state index in [1.165, 1.54) is 14.2 Å². The standard InChI is InChI=1S/C23H19IO8/c1-27-15-4-10(5-16(28-2)19(15)22(24)25)18-11-7-17-21(32-9-31-17)20(29-3)12(11)6-13-14(18)8-30-23(13)26/h4-5,7,18H,6,8-9H2,1-3H3. The third kappa shape index (κ3) is 3.01. The van der Waals surface area contributed by atoms with Gasteiger partial charge in [-0.15, -0.1) is 0 Å². The fourth-order valence-corrected chi connectivity index (χ4v) is 5.19. The zero-order chi connectivity index (χ0) is 22.6. The minimum atomic E-state index is -0.343. The average Bonchev–Trinajstić information content (AvgIpc) is 3.41. The Morgan fingerprint density at radius 3 is 2.38 bits per heavy atom. The molecule has 2 aromatic carbocycles. The van der Waals surface area contributed by atoms with Gasteiger partial charge in [0.15, 0.2) is 11.5 Å². The Balaban J connectivity index is 1.79. The number of esters is 1. The lowest BCUT2D eigenvalue weighted by Gasteiger charge is -2.29. The van der Waals surface area contributed by atoms with Crippen LogP contribution in [0, 0.1) is 0 Å². The van der Waals surface area contributed by atoms with Crippen molar-refractivity contribution in [2.24, 2.45) is 0 Å². The van der Waals surface area contributed by atoms with Crippen LogP contribution in [-0.2, 0) is 16.0 Å². The van der Waals surface area contributed by atoms with Crippen LogP contribution in [0.2, 0.25) is 0 Å². The Kier molecular flexibility index (Phi) is 5.15. The summed E-state index contributed by atoms with van der Waals surface area (Å²) in [4.78, 5) is 24.8. The van der Waals surface area contributed by atoms with Crippen molar-refractivity contribution in [3.63, 3.8) is 0 Å². The van der Waals surface area contributed by atoms with Crippen molar-refractivity contribution < 1.29 is 38.0 Å². The van der Waals surface area contributed by atoms with Crippen LogP contribution in [0.15, 0.2) is 29.3 Å². The first-order valence-corrected chi connectivity index (χ1v) is 10.9. The summed E-state index contributed by atoms with van der Waals surface area (Å²) >= 11 is 1.71. The molecular formula is C23H19IO8. The molecular weight excluding hydrogens is 531 g/mol. The molecule has 0 radical (unpaired) electrons. The molecule has 9 heteroatoms. The van der Waals surface area contributed by atoms with Crippen molar-refractivity contribution >= 4 is 32.4 Å². The van der Waals surface area contributed by atoms with E-state index in [2.05, 4.69) is 0 Å². The summed E-state index contributed by atoms with van der Waals surface area (Å²) in [5.74, 6) is 1.76. The molecule has 0 amide bonds. The molecule has 0 bridgehead atoms. The Morgan fingerprint density at radius 1 is 1.03 bits per heavy atom. The average molecular weight is 550 g/mol. The zero-order valence-electron chi connectivity index (χ0n) is 17.6. The summed E-state index contributed by atoms with van der Waals surface area (Å²) in [5.41, 5.74) is 4.37. The van der Waals surface area contributed by atoms with Gasteiger partial charge >= 0.3 is 5.97 Å². The molecule has 166 valence electrons. The molecule has 3 aliphatic rings. The van der Waals surface area contributed by atoms with Gasteiger partial charge in [-0.05, 0) is 34.9 Å². The van der Waals surface area contributed by atoms with Crippen LogP contribution in [0.25, 0.3) is 0 Å². The van der Waals surface area contributed by atoms with Crippen LogP contribution in [0.4, 0.5) is 0 Å². The number of rotatable bonds is 5. The van der Waals surface area contributed by atoms with Crippen molar-refractivity contribution in [3.05, 3.63) is 51.6 Å². The van der Waals surface area contributed by atoms with Gasteiger partial charge in [0.05, 0.1) is 21.3 Å². The van der Waals surface area contributed by atoms with Crippen LogP contribution in [-0.4, -0.2) is 44.5 Å². The Morgan fingerprint density at radius 2 is 1.75 bits per heavy atom. The van der Waals surface area contributed by atoms with Gasteiger partial charge in [0.1, 0.15) is 23.7 Å². The van der Waals surface area contributed by atoms with E-state index >= 15 is 0 Å². The Bertz CT molecular complexity index is 1170. The fourth-order valence-electron chi connectivity index (χ4n) is 4.66. The minimum Gasteiger partial charge on any atom is -0.496 e. The highest BCUT2D eigenvalue weighted by atomic mass is 127.